The highest BCUT2D eigenvalue weighted by atomic mass is 16.5. The average molecular weight is 357 g/mol. The molecule has 26 heavy (non-hydrogen) atoms. The van der Waals surface area contributed by atoms with Gasteiger partial charge in [0.05, 0.1) is 35.8 Å². The Kier molecular flexibility index (Phi) is 5.27. The fraction of sp³-hybridized carbons (Fsp3) is 0.526. The number of amides is 1. The van der Waals surface area contributed by atoms with Crippen LogP contribution in [0.15, 0.2) is 18.3 Å². The van der Waals surface area contributed by atoms with Gasteiger partial charge in [-0.3, -0.25) is 14.5 Å². The first kappa shape index (κ1) is 18.4. The van der Waals surface area contributed by atoms with E-state index in [1.807, 2.05) is 51.9 Å². The van der Waals surface area contributed by atoms with E-state index in [0.717, 1.165) is 22.6 Å². The van der Waals surface area contributed by atoms with E-state index < -0.39 is 0 Å². The molecule has 0 fully saturated rings. The standard InChI is InChI=1S/C19H27N5O2/c1-6-24-18(14-10-12(2)26-13(3)17(14)22-24)19(25)21-11-15-16(23(4)5)8-7-9-20-15/h7-9,12-13H,6,10-11H2,1-5H3,(H,21,25)/t12-,13+/m0/s1. The van der Waals surface area contributed by atoms with Crippen LogP contribution in [0.2, 0.25) is 0 Å². The summed E-state index contributed by atoms with van der Waals surface area (Å²) < 4.78 is 7.63. The van der Waals surface area contributed by atoms with Gasteiger partial charge in [-0.05, 0) is 32.9 Å². The predicted molar refractivity (Wildman–Crippen MR) is 100 cm³/mol. The molecule has 0 saturated carbocycles. The Morgan fingerprint density at radius 1 is 1.42 bits per heavy atom. The normalized spacial score (nSPS) is 19.1. The summed E-state index contributed by atoms with van der Waals surface area (Å²) >= 11 is 0. The highest BCUT2D eigenvalue weighted by molar-refractivity contribution is 5.94. The Bertz CT molecular complexity index is 799. The first-order valence-corrected chi connectivity index (χ1v) is 9.06. The molecule has 0 aliphatic carbocycles. The molecule has 1 aliphatic rings. The summed E-state index contributed by atoms with van der Waals surface area (Å²) in [5.41, 5.74) is 4.36. The van der Waals surface area contributed by atoms with Crippen molar-refractivity contribution < 1.29 is 9.53 Å². The van der Waals surface area contributed by atoms with E-state index >= 15 is 0 Å². The van der Waals surface area contributed by atoms with Gasteiger partial charge in [-0.15, -0.1) is 0 Å². The molecule has 1 N–H and O–H groups in total. The summed E-state index contributed by atoms with van der Waals surface area (Å²) in [5, 5.41) is 7.63. The maximum absolute atomic E-state index is 13.0. The van der Waals surface area contributed by atoms with Crippen molar-refractivity contribution in [2.45, 2.75) is 52.5 Å². The Labute approximate surface area is 154 Å². The smallest absolute Gasteiger partial charge is 0.270 e. The Morgan fingerprint density at radius 2 is 2.19 bits per heavy atom. The van der Waals surface area contributed by atoms with Gasteiger partial charge in [-0.25, -0.2) is 0 Å². The summed E-state index contributed by atoms with van der Waals surface area (Å²) in [5.74, 6) is -0.114. The van der Waals surface area contributed by atoms with Crippen LogP contribution >= 0.6 is 0 Å². The van der Waals surface area contributed by atoms with Gasteiger partial charge >= 0.3 is 0 Å². The number of fused-ring (bicyclic) bond motifs is 1. The zero-order valence-electron chi connectivity index (χ0n) is 16.1. The minimum Gasteiger partial charge on any atom is -0.376 e. The van der Waals surface area contributed by atoms with Crippen LogP contribution in [-0.2, 0) is 24.2 Å². The molecule has 2 aromatic heterocycles. The number of aryl methyl sites for hydroxylation is 1. The van der Waals surface area contributed by atoms with Gasteiger partial charge in [0.2, 0.25) is 0 Å². The summed E-state index contributed by atoms with van der Waals surface area (Å²) in [4.78, 5) is 19.4. The zero-order valence-corrected chi connectivity index (χ0v) is 16.1. The van der Waals surface area contributed by atoms with Crippen molar-refractivity contribution in [3.8, 4) is 0 Å². The molecule has 7 heteroatoms. The monoisotopic (exact) mass is 357 g/mol. The first-order chi connectivity index (χ1) is 12.4. The second-order valence-electron chi connectivity index (χ2n) is 6.87. The lowest BCUT2D eigenvalue weighted by atomic mass is 9.99. The van der Waals surface area contributed by atoms with Crippen LogP contribution in [0.3, 0.4) is 0 Å². The van der Waals surface area contributed by atoms with Crippen LogP contribution in [0, 0.1) is 0 Å². The van der Waals surface area contributed by atoms with Crippen molar-refractivity contribution in [3.63, 3.8) is 0 Å². The summed E-state index contributed by atoms with van der Waals surface area (Å²) in [6.07, 6.45) is 2.43. The number of ether oxygens (including phenoxy) is 1. The number of rotatable bonds is 5. The van der Waals surface area contributed by atoms with Crippen LogP contribution in [0.5, 0.6) is 0 Å². The van der Waals surface area contributed by atoms with E-state index in [1.165, 1.54) is 0 Å². The van der Waals surface area contributed by atoms with E-state index in [-0.39, 0.29) is 18.1 Å². The maximum Gasteiger partial charge on any atom is 0.270 e. The molecule has 7 nitrogen and oxygen atoms in total. The third-order valence-corrected chi connectivity index (χ3v) is 4.67. The lowest BCUT2D eigenvalue weighted by Gasteiger charge is -2.24. The third-order valence-electron chi connectivity index (χ3n) is 4.67. The fourth-order valence-corrected chi connectivity index (χ4v) is 3.50. The van der Waals surface area contributed by atoms with Gasteiger partial charge in [-0.1, -0.05) is 0 Å². The molecule has 3 rings (SSSR count). The predicted octanol–water partition coefficient (Wildman–Crippen LogP) is 2.32. The van der Waals surface area contributed by atoms with Crippen molar-refractivity contribution in [1.29, 1.82) is 0 Å². The van der Waals surface area contributed by atoms with Gasteiger partial charge in [0, 0.05) is 38.8 Å². The first-order valence-electron chi connectivity index (χ1n) is 9.06. The molecule has 2 atom stereocenters. The molecule has 0 saturated heterocycles. The summed E-state index contributed by atoms with van der Waals surface area (Å²) in [6, 6.07) is 3.89. The number of aromatic nitrogens is 3. The highest BCUT2D eigenvalue weighted by Crippen LogP contribution is 2.31. The number of nitrogens with zero attached hydrogens (tertiary/aromatic N) is 4. The molecule has 0 aromatic carbocycles. The van der Waals surface area contributed by atoms with E-state index in [1.54, 1.807) is 10.9 Å². The van der Waals surface area contributed by atoms with Crippen LogP contribution in [0.4, 0.5) is 5.69 Å². The summed E-state index contributed by atoms with van der Waals surface area (Å²) in [6.45, 7) is 7.02. The molecule has 2 aromatic rings. The number of nitrogens with one attached hydrogen (secondary N) is 1. The van der Waals surface area contributed by atoms with E-state index in [2.05, 4.69) is 15.4 Å². The number of anilines is 1. The molecule has 1 amide bonds. The topological polar surface area (TPSA) is 72.3 Å². The lowest BCUT2D eigenvalue weighted by Crippen LogP contribution is -2.29. The molecule has 0 radical (unpaired) electrons. The van der Waals surface area contributed by atoms with Crippen molar-refractivity contribution in [2.75, 3.05) is 19.0 Å². The number of carbonyl (C=O) groups is 1. The van der Waals surface area contributed by atoms with Gasteiger partial charge in [0.25, 0.3) is 5.91 Å². The largest absolute Gasteiger partial charge is 0.376 e. The van der Waals surface area contributed by atoms with E-state index in [9.17, 15) is 4.79 Å². The lowest BCUT2D eigenvalue weighted by molar-refractivity contribution is -0.00712. The fourth-order valence-electron chi connectivity index (χ4n) is 3.50. The van der Waals surface area contributed by atoms with Gasteiger partial charge in [0.15, 0.2) is 0 Å². The minimum absolute atomic E-state index is 0.0784. The number of hydrogen-bond donors (Lipinski definition) is 1. The molecule has 3 heterocycles. The number of carbonyl (C=O) groups excluding carboxylic acids is 1. The van der Waals surface area contributed by atoms with Crippen LogP contribution in [0.1, 0.15) is 54.3 Å². The Morgan fingerprint density at radius 3 is 2.88 bits per heavy atom. The second-order valence-corrected chi connectivity index (χ2v) is 6.87. The SMILES string of the molecule is CCn1nc2c(c1C(=O)NCc1ncccc1N(C)C)C[C@H](C)O[C@@H]2C. The van der Waals surface area contributed by atoms with E-state index in [0.29, 0.717) is 25.2 Å². The van der Waals surface area contributed by atoms with Crippen LogP contribution in [-0.4, -0.2) is 40.9 Å². The minimum atomic E-state index is -0.114. The summed E-state index contributed by atoms with van der Waals surface area (Å²) in [7, 11) is 3.93. The van der Waals surface area contributed by atoms with Crippen molar-refractivity contribution in [3.05, 3.63) is 41.0 Å². The molecule has 0 bridgehead atoms. The Balaban J connectivity index is 1.85. The van der Waals surface area contributed by atoms with Crippen molar-refractivity contribution in [1.82, 2.24) is 20.1 Å². The molecule has 1 aliphatic heterocycles. The maximum atomic E-state index is 13.0. The average Bonchev–Trinajstić information content (AvgIpc) is 2.98. The van der Waals surface area contributed by atoms with Gasteiger partial charge in [0.1, 0.15) is 5.69 Å². The molecule has 140 valence electrons. The zero-order chi connectivity index (χ0) is 18.8. The highest BCUT2D eigenvalue weighted by Gasteiger charge is 2.31. The van der Waals surface area contributed by atoms with E-state index in [4.69, 9.17) is 4.74 Å². The van der Waals surface area contributed by atoms with Crippen molar-refractivity contribution in [2.24, 2.45) is 0 Å². The number of pyridine rings is 1. The molecule has 0 spiro atoms. The molecular weight excluding hydrogens is 330 g/mol. The number of hydrogen-bond acceptors (Lipinski definition) is 5. The third kappa shape index (κ3) is 3.44. The Hall–Kier alpha value is -2.41. The quantitative estimate of drug-likeness (QED) is 0.889. The molecular formula is C19H27N5O2. The van der Waals surface area contributed by atoms with Crippen molar-refractivity contribution >= 4 is 11.6 Å². The van der Waals surface area contributed by atoms with Gasteiger partial charge in [-0.2, -0.15) is 5.10 Å². The second kappa shape index (κ2) is 7.45. The van der Waals surface area contributed by atoms with Crippen LogP contribution < -0.4 is 10.2 Å². The van der Waals surface area contributed by atoms with Crippen LogP contribution in [0.25, 0.3) is 0 Å². The van der Waals surface area contributed by atoms with Gasteiger partial charge < -0.3 is 15.0 Å². The molecule has 0 unspecified atom stereocenters.